The van der Waals surface area contributed by atoms with E-state index in [0.29, 0.717) is 21.7 Å². The lowest BCUT2D eigenvalue weighted by atomic mass is 10.1. The van der Waals surface area contributed by atoms with Gasteiger partial charge in [-0.3, -0.25) is 14.8 Å². The predicted octanol–water partition coefficient (Wildman–Crippen LogP) is 4.94. The highest BCUT2D eigenvalue weighted by atomic mass is 32.1. The number of rotatable bonds is 4. The number of hydrogen-bond acceptors (Lipinski definition) is 5. The van der Waals surface area contributed by atoms with Crippen molar-refractivity contribution in [1.29, 1.82) is 0 Å². The highest BCUT2D eigenvalue weighted by molar-refractivity contribution is 7.22. The zero-order chi connectivity index (χ0) is 21.5. The molecule has 0 spiro atoms. The van der Waals surface area contributed by atoms with Crippen LogP contribution in [0, 0.1) is 6.92 Å². The van der Waals surface area contributed by atoms with Crippen molar-refractivity contribution in [2.45, 2.75) is 13.3 Å². The average Bonchev–Trinajstić information content (AvgIpc) is 2.99. The molecular formula is C20H13F3N2O4S. The molecule has 4 aromatic rings. The Hall–Kier alpha value is -3.53. The number of thiophene rings is 1. The molecule has 0 aliphatic carbocycles. The average molecular weight is 434 g/mol. The highest BCUT2D eigenvalue weighted by Crippen LogP contribution is 2.36. The standard InChI is InChI=1S/C20H13F3N2O4S/c1-10-15-17(26)24-19(27)25-18(15)30-16(10)11-2-4-12(5-3-11)28-13-6-8-14(9-7-13)29-20(21,22)23/h2-9H,1H3,(H2,24,25,26,27). The Kier molecular flexibility index (Phi) is 4.86. The lowest BCUT2D eigenvalue weighted by molar-refractivity contribution is -0.274. The Morgan fingerprint density at radius 2 is 1.43 bits per heavy atom. The quantitative estimate of drug-likeness (QED) is 0.476. The van der Waals surface area contributed by atoms with E-state index in [-0.39, 0.29) is 5.75 Å². The summed E-state index contributed by atoms with van der Waals surface area (Å²) in [6.07, 6.45) is -4.75. The third-order valence-corrected chi connectivity index (χ3v) is 5.49. The molecule has 10 heteroatoms. The maximum Gasteiger partial charge on any atom is 0.573 e. The third kappa shape index (κ3) is 4.08. The van der Waals surface area contributed by atoms with Crippen LogP contribution in [-0.2, 0) is 0 Å². The van der Waals surface area contributed by atoms with E-state index in [2.05, 4.69) is 14.7 Å². The van der Waals surface area contributed by atoms with Gasteiger partial charge < -0.3 is 9.47 Å². The van der Waals surface area contributed by atoms with Crippen LogP contribution in [0.15, 0.2) is 58.1 Å². The van der Waals surface area contributed by atoms with Gasteiger partial charge in [0, 0.05) is 4.88 Å². The zero-order valence-electron chi connectivity index (χ0n) is 15.3. The SMILES string of the molecule is Cc1c(-c2ccc(Oc3ccc(OC(F)(F)F)cc3)cc2)sc2[nH]c(=O)[nH]c(=O)c12. The van der Waals surface area contributed by atoms with Crippen molar-refractivity contribution in [1.82, 2.24) is 9.97 Å². The molecule has 0 unspecified atom stereocenters. The van der Waals surface area contributed by atoms with Crippen molar-refractivity contribution in [3.05, 3.63) is 74.9 Å². The summed E-state index contributed by atoms with van der Waals surface area (Å²) < 4.78 is 46.1. The number of aromatic nitrogens is 2. The number of H-pyrrole nitrogens is 2. The molecule has 0 bridgehead atoms. The lowest BCUT2D eigenvalue weighted by Gasteiger charge is -2.10. The number of fused-ring (bicyclic) bond motifs is 1. The summed E-state index contributed by atoms with van der Waals surface area (Å²) in [5, 5.41) is 0.441. The smallest absolute Gasteiger partial charge is 0.457 e. The molecule has 2 aromatic carbocycles. The fourth-order valence-electron chi connectivity index (χ4n) is 2.97. The largest absolute Gasteiger partial charge is 0.573 e. The first-order valence-corrected chi connectivity index (χ1v) is 9.41. The number of aromatic amines is 2. The summed E-state index contributed by atoms with van der Waals surface area (Å²) in [5.74, 6) is 0.492. The maximum absolute atomic E-state index is 12.2. The molecule has 0 saturated carbocycles. The first-order valence-electron chi connectivity index (χ1n) is 8.59. The summed E-state index contributed by atoms with van der Waals surface area (Å²) >= 11 is 1.30. The van der Waals surface area contributed by atoms with Gasteiger partial charge in [0.2, 0.25) is 0 Å². The van der Waals surface area contributed by atoms with Crippen LogP contribution in [0.3, 0.4) is 0 Å². The van der Waals surface area contributed by atoms with Gasteiger partial charge in [-0.1, -0.05) is 0 Å². The normalized spacial score (nSPS) is 11.6. The van der Waals surface area contributed by atoms with Crippen LogP contribution in [0.2, 0.25) is 0 Å². The van der Waals surface area contributed by atoms with Gasteiger partial charge in [-0.25, -0.2) is 4.79 Å². The summed E-state index contributed by atoms with van der Waals surface area (Å²) in [6.45, 7) is 1.80. The number of halogens is 3. The lowest BCUT2D eigenvalue weighted by Crippen LogP contribution is -2.21. The second kappa shape index (κ2) is 7.38. The van der Waals surface area contributed by atoms with Crippen LogP contribution in [0.5, 0.6) is 17.2 Å². The Morgan fingerprint density at radius 3 is 2.03 bits per heavy atom. The molecule has 154 valence electrons. The monoisotopic (exact) mass is 434 g/mol. The molecule has 0 aliphatic heterocycles. The fourth-order valence-corrected chi connectivity index (χ4v) is 4.17. The predicted molar refractivity (Wildman–Crippen MR) is 106 cm³/mol. The molecule has 2 aromatic heterocycles. The second-order valence-corrected chi connectivity index (χ2v) is 7.33. The van der Waals surface area contributed by atoms with E-state index >= 15 is 0 Å². The highest BCUT2D eigenvalue weighted by Gasteiger charge is 2.31. The van der Waals surface area contributed by atoms with Crippen molar-refractivity contribution in [2.75, 3.05) is 0 Å². The van der Waals surface area contributed by atoms with E-state index in [1.807, 2.05) is 0 Å². The molecule has 6 nitrogen and oxygen atoms in total. The van der Waals surface area contributed by atoms with Crippen molar-refractivity contribution in [3.63, 3.8) is 0 Å². The molecule has 0 amide bonds. The van der Waals surface area contributed by atoms with Gasteiger partial charge in [-0.15, -0.1) is 24.5 Å². The van der Waals surface area contributed by atoms with E-state index in [1.165, 1.54) is 23.5 Å². The van der Waals surface area contributed by atoms with E-state index in [4.69, 9.17) is 4.74 Å². The number of nitrogens with one attached hydrogen (secondary N) is 2. The van der Waals surface area contributed by atoms with Crippen molar-refractivity contribution in [2.24, 2.45) is 0 Å². The van der Waals surface area contributed by atoms with Crippen LogP contribution in [-0.4, -0.2) is 16.3 Å². The Labute approximate surface area is 170 Å². The Morgan fingerprint density at radius 1 is 0.867 bits per heavy atom. The molecule has 4 rings (SSSR count). The van der Waals surface area contributed by atoms with Crippen LogP contribution in [0.1, 0.15) is 5.56 Å². The number of hydrogen-bond donors (Lipinski definition) is 2. The van der Waals surface area contributed by atoms with Gasteiger partial charge in [0.25, 0.3) is 5.56 Å². The minimum atomic E-state index is -4.75. The van der Waals surface area contributed by atoms with Gasteiger partial charge in [0.15, 0.2) is 0 Å². The summed E-state index contributed by atoms with van der Waals surface area (Å²) in [5.41, 5.74) is 0.582. The number of ether oxygens (including phenoxy) is 2. The van der Waals surface area contributed by atoms with E-state index < -0.39 is 17.6 Å². The van der Waals surface area contributed by atoms with E-state index in [1.54, 1.807) is 31.2 Å². The number of benzene rings is 2. The van der Waals surface area contributed by atoms with E-state index in [9.17, 15) is 22.8 Å². The number of alkyl halides is 3. The number of aryl methyl sites for hydroxylation is 1. The maximum atomic E-state index is 12.2. The van der Waals surface area contributed by atoms with Crippen LogP contribution >= 0.6 is 11.3 Å². The molecular weight excluding hydrogens is 421 g/mol. The van der Waals surface area contributed by atoms with Crippen LogP contribution in [0.25, 0.3) is 20.7 Å². The molecule has 0 radical (unpaired) electrons. The van der Waals surface area contributed by atoms with Gasteiger partial charge in [-0.05, 0) is 66.6 Å². The second-order valence-electron chi connectivity index (χ2n) is 6.31. The summed E-state index contributed by atoms with van der Waals surface area (Å²) in [4.78, 5) is 29.7. The first-order chi connectivity index (χ1) is 14.2. The minimum absolute atomic E-state index is 0.335. The van der Waals surface area contributed by atoms with Gasteiger partial charge in [0.05, 0.1) is 5.39 Å². The molecule has 2 N–H and O–H groups in total. The third-order valence-electron chi connectivity index (χ3n) is 4.24. The fraction of sp³-hybridized carbons (Fsp3) is 0.100. The van der Waals surface area contributed by atoms with Gasteiger partial charge >= 0.3 is 12.1 Å². The molecule has 0 atom stereocenters. The molecule has 2 heterocycles. The van der Waals surface area contributed by atoms with Crippen molar-refractivity contribution in [3.8, 4) is 27.7 Å². The Balaban J connectivity index is 1.56. The molecule has 0 saturated heterocycles. The molecule has 30 heavy (non-hydrogen) atoms. The van der Waals surface area contributed by atoms with Crippen molar-refractivity contribution >= 4 is 21.6 Å². The zero-order valence-corrected chi connectivity index (χ0v) is 16.1. The molecule has 0 fully saturated rings. The van der Waals surface area contributed by atoms with Crippen molar-refractivity contribution < 1.29 is 22.6 Å². The van der Waals surface area contributed by atoms with Crippen LogP contribution in [0.4, 0.5) is 13.2 Å². The van der Waals surface area contributed by atoms with E-state index in [0.717, 1.165) is 28.1 Å². The first kappa shape index (κ1) is 19.8. The topological polar surface area (TPSA) is 84.2 Å². The summed E-state index contributed by atoms with van der Waals surface area (Å²) in [6, 6.07) is 12.0. The van der Waals surface area contributed by atoms with Crippen LogP contribution < -0.4 is 20.7 Å². The summed E-state index contributed by atoms with van der Waals surface area (Å²) in [7, 11) is 0. The van der Waals surface area contributed by atoms with Gasteiger partial charge in [-0.2, -0.15) is 0 Å². The molecule has 0 aliphatic rings. The van der Waals surface area contributed by atoms with Gasteiger partial charge in [0.1, 0.15) is 22.1 Å². The minimum Gasteiger partial charge on any atom is -0.457 e. The Bertz CT molecular complexity index is 1320.